The molecule has 0 amide bonds. The minimum absolute atomic E-state index is 0.379. The molecule has 1 aliphatic rings. The van der Waals surface area contributed by atoms with Crippen LogP contribution in [0.2, 0.25) is 0 Å². The van der Waals surface area contributed by atoms with E-state index in [0.717, 1.165) is 36.8 Å². The second kappa shape index (κ2) is 8.39. The van der Waals surface area contributed by atoms with Gasteiger partial charge in [-0.05, 0) is 54.0 Å². The zero-order valence-corrected chi connectivity index (χ0v) is 16.2. The summed E-state index contributed by atoms with van der Waals surface area (Å²) in [4.78, 5) is 12.7. The second-order valence-corrected chi connectivity index (χ2v) is 7.76. The normalized spacial score (nSPS) is 22.0. The number of aryl methyl sites for hydroxylation is 1. The van der Waals surface area contributed by atoms with Crippen LogP contribution in [-0.2, 0) is 11.2 Å². The van der Waals surface area contributed by atoms with Gasteiger partial charge in [0.1, 0.15) is 5.75 Å². The third-order valence-electron chi connectivity index (χ3n) is 5.49. The first-order valence-corrected chi connectivity index (χ1v) is 9.89. The van der Waals surface area contributed by atoms with Crippen LogP contribution in [-0.4, -0.2) is 5.97 Å². The van der Waals surface area contributed by atoms with E-state index in [0.29, 0.717) is 24.5 Å². The van der Waals surface area contributed by atoms with Crippen molar-refractivity contribution in [2.45, 2.75) is 52.4 Å². The van der Waals surface area contributed by atoms with E-state index < -0.39 is 11.4 Å². The Morgan fingerprint density at radius 1 is 1.15 bits per heavy atom. The van der Waals surface area contributed by atoms with Crippen molar-refractivity contribution in [2.75, 3.05) is 0 Å². The van der Waals surface area contributed by atoms with Gasteiger partial charge in [-0.3, -0.25) is 0 Å². The van der Waals surface area contributed by atoms with Crippen molar-refractivity contribution in [2.24, 2.45) is 11.3 Å². The fraction of sp³-hybridized carbons (Fsp3) is 0.417. The van der Waals surface area contributed by atoms with Gasteiger partial charge < -0.3 is 4.74 Å². The highest BCUT2D eigenvalue weighted by molar-refractivity contribution is 5.82. The van der Waals surface area contributed by atoms with Crippen LogP contribution in [0.15, 0.2) is 48.5 Å². The molecule has 1 fully saturated rings. The number of hydrogen-bond acceptors (Lipinski definition) is 3. The molecule has 3 heteroatoms. The second-order valence-electron chi connectivity index (χ2n) is 7.76. The van der Waals surface area contributed by atoms with E-state index in [4.69, 9.17) is 4.74 Å². The molecule has 0 saturated heterocycles. The highest BCUT2D eigenvalue weighted by Gasteiger charge is 2.43. The summed E-state index contributed by atoms with van der Waals surface area (Å²) in [6.45, 7) is 4.28. The quantitative estimate of drug-likeness (QED) is 0.490. The molecule has 0 spiro atoms. The summed E-state index contributed by atoms with van der Waals surface area (Å²) in [5, 5.41) is 9.61. The minimum Gasteiger partial charge on any atom is -0.425 e. The number of ether oxygens (including phenoxy) is 1. The maximum atomic E-state index is 12.7. The fourth-order valence-electron chi connectivity index (χ4n) is 3.96. The predicted octanol–water partition coefficient (Wildman–Crippen LogP) is 5.93. The Balaban J connectivity index is 1.70. The van der Waals surface area contributed by atoms with Crippen molar-refractivity contribution in [1.29, 1.82) is 5.26 Å². The molecule has 3 nitrogen and oxygen atoms in total. The van der Waals surface area contributed by atoms with Crippen molar-refractivity contribution in [3.63, 3.8) is 0 Å². The van der Waals surface area contributed by atoms with Gasteiger partial charge in [-0.25, -0.2) is 4.79 Å². The SMILES string of the molecule is CCCc1ccc(-c2ccc(OC(=O)C3(C#N)CCCC(C)C3)cc2)cc1. The topological polar surface area (TPSA) is 50.1 Å². The van der Waals surface area contributed by atoms with E-state index in [1.165, 1.54) is 5.56 Å². The van der Waals surface area contributed by atoms with Gasteiger partial charge in [0.05, 0.1) is 6.07 Å². The zero-order valence-electron chi connectivity index (χ0n) is 16.2. The lowest BCUT2D eigenvalue weighted by Gasteiger charge is -2.31. The van der Waals surface area contributed by atoms with Crippen LogP contribution in [0.1, 0.15) is 51.5 Å². The molecule has 2 aromatic carbocycles. The average Bonchev–Trinajstić information content (AvgIpc) is 2.69. The first-order chi connectivity index (χ1) is 13.1. The predicted molar refractivity (Wildman–Crippen MR) is 107 cm³/mol. The third-order valence-corrected chi connectivity index (χ3v) is 5.49. The molecule has 1 aliphatic carbocycles. The highest BCUT2D eigenvalue weighted by atomic mass is 16.5. The molecule has 3 rings (SSSR count). The number of nitrogens with zero attached hydrogens (tertiary/aromatic N) is 1. The Hall–Kier alpha value is -2.60. The smallest absolute Gasteiger partial charge is 0.331 e. The molecular formula is C24H27NO2. The minimum atomic E-state index is -0.995. The number of hydrogen-bond donors (Lipinski definition) is 0. The molecule has 27 heavy (non-hydrogen) atoms. The molecule has 0 aromatic heterocycles. The van der Waals surface area contributed by atoms with Gasteiger partial charge in [-0.15, -0.1) is 0 Å². The van der Waals surface area contributed by atoms with Gasteiger partial charge in [0, 0.05) is 0 Å². The molecular weight excluding hydrogens is 334 g/mol. The summed E-state index contributed by atoms with van der Waals surface area (Å²) in [5.74, 6) is 0.469. The van der Waals surface area contributed by atoms with E-state index in [1.54, 1.807) is 0 Å². The van der Waals surface area contributed by atoms with Crippen LogP contribution in [0.25, 0.3) is 11.1 Å². The number of esters is 1. The van der Waals surface area contributed by atoms with Crippen LogP contribution in [0.5, 0.6) is 5.75 Å². The first-order valence-electron chi connectivity index (χ1n) is 9.89. The van der Waals surface area contributed by atoms with Crippen molar-refractivity contribution in [3.05, 3.63) is 54.1 Å². The summed E-state index contributed by atoms with van der Waals surface area (Å²) in [6, 6.07) is 18.4. The molecule has 0 N–H and O–H groups in total. The Kier molecular flexibility index (Phi) is 5.96. The van der Waals surface area contributed by atoms with Crippen molar-refractivity contribution >= 4 is 5.97 Å². The summed E-state index contributed by atoms with van der Waals surface area (Å²) in [6.07, 6.45) is 5.38. The van der Waals surface area contributed by atoms with E-state index in [2.05, 4.69) is 44.2 Å². The number of benzene rings is 2. The number of carbonyl (C=O) groups excluding carboxylic acids is 1. The van der Waals surface area contributed by atoms with Crippen LogP contribution < -0.4 is 4.74 Å². The maximum absolute atomic E-state index is 12.7. The molecule has 2 unspecified atom stereocenters. The van der Waals surface area contributed by atoms with Crippen molar-refractivity contribution < 1.29 is 9.53 Å². The summed E-state index contributed by atoms with van der Waals surface area (Å²) < 4.78 is 5.58. The monoisotopic (exact) mass is 361 g/mol. The third kappa shape index (κ3) is 4.39. The molecule has 2 aromatic rings. The Labute approximate surface area is 162 Å². The van der Waals surface area contributed by atoms with Crippen LogP contribution >= 0.6 is 0 Å². The average molecular weight is 361 g/mol. The molecule has 0 aliphatic heterocycles. The van der Waals surface area contributed by atoms with Gasteiger partial charge in [0.15, 0.2) is 5.41 Å². The Morgan fingerprint density at radius 3 is 2.33 bits per heavy atom. The zero-order chi connectivity index (χ0) is 19.3. The maximum Gasteiger partial charge on any atom is 0.331 e. The Morgan fingerprint density at radius 2 is 1.78 bits per heavy atom. The van der Waals surface area contributed by atoms with Crippen LogP contribution in [0, 0.1) is 22.7 Å². The molecule has 0 bridgehead atoms. The number of nitriles is 1. The molecule has 1 saturated carbocycles. The summed E-state index contributed by atoms with van der Waals surface area (Å²) in [7, 11) is 0. The van der Waals surface area contributed by atoms with Gasteiger partial charge >= 0.3 is 5.97 Å². The van der Waals surface area contributed by atoms with Crippen molar-refractivity contribution in [1.82, 2.24) is 0 Å². The van der Waals surface area contributed by atoms with Gasteiger partial charge in [0.2, 0.25) is 0 Å². The van der Waals surface area contributed by atoms with E-state index >= 15 is 0 Å². The highest BCUT2D eigenvalue weighted by Crippen LogP contribution is 2.40. The van der Waals surface area contributed by atoms with E-state index in [1.807, 2.05) is 24.3 Å². The number of rotatable bonds is 5. The standard InChI is InChI=1S/C24H27NO2/c1-3-5-19-7-9-20(10-8-19)21-11-13-22(14-12-21)27-23(26)24(17-25)15-4-6-18(2)16-24/h7-14,18H,3-6,15-16H2,1-2H3. The van der Waals surface area contributed by atoms with Crippen LogP contribution in [0.3, 0.4) is 0 Å². The van der Waals surface area contributed by atoms with Crippen molar-refractivity contribution in [3.8, 4) is 22.9 Å². The summed E-state index contributed by atoms with van der Waals surface area (Å²) in [5.41, 5.74) is 2.57. The molecule has 140 valence electrons. The largest absolute Gasteiger partial charge is 0.425 e. The summed E-state index contributed by atoms with van der Waals surface area (Å²) >= 11 is 0. The van der Waals surface area contributed by atoms with Gasteiger partial charge in [-0.1, -0.05) is 69.5 Å². The van der Waals surface area contributed by atoms with E-state index in [-0.39, 0.29) is 0 Å². The van der Waals surface area contributed by atoms with Gasteiger partial charge in [0.25, 0.3) is 0 Å². The first kappa shape index (κ1) is 19.2. The lowest BCUT2D eigenvalue weighted by molar-refractivity contribution is -0.144. The Bertz CT molecular complexity index is 817. The lowest BCUT2D eigenvalue weighted by atomic mass is 9.71. The van der Waals surface area contributed by atoms with Crippen LogP contribution in [0.4, 0.5) is 0 Å². The van der Waals surface area contributed by atoms with E-state index in [9.17, 15) is 10.1 Å². The van der Waals surface area contributed by atoms with Gasteiger partial charge in [-0.2, -0.15) is 5.26 Å². The molecule has 2 atom stereocenters. The number of carbonyl (C=O) groups is 1. The lowest BCUT2D eigenvalue weighted by Crippen LogP contribution is -2.37. The molecule has 0 heterocycles. The fourth-order valence-corrected chi connectivity index (χ4v) is 3.96. The molecule has 0 radical (unpaired) electrons.